The quantitative estimate of drug-likeness (QED) is 0.873. The van der Waals surface area contributed by atoms with Crippen LogP contribution in [-0.4, -0.2) is 26.0 Å². The fourth-order valence-corrected chi connectivity index (χ4v) is 5.36. The van der Waals surface area contributed by atoms with Gasteiger partial charge in [-0.1, -0.05) is 36.5 Å². The molecule has 6 heteroatoms. The molecule has 1 aliphatic heterocycles. The van der Waals surface area contributed by atoms with Gasteiger partial charge in [-0.3, -0.25) is 0 Å². The molecule has 0 amide bonds. The second-order valence-electron chi connectivity index (χ2n) is 5.50. The van der Waals surface area contributed by atoms with Gasteiger partial charge in [-0.25, -0.2) is 8.42 Å². The average Bonchev–Trinajstić information content (AvgIpc) is 2.44. The first kappa shape index (κ1) is 17.1. The lowest BCUT2D eigenvalue weighted by atomic mass is 9.99. The van der Waals surface area contributed by atoms with Crippen molar-refractivity contribution in [1.82, 2.24) is 5.32 Å². The summed E-state index contributed by atoms with van der Waals surface area (Å²) in [4.78, 5) is 0. The first-order valence-corrected chi connectivity index (χ1v) is 9.82. The third-order valence-electron chi connectivity index (χ3n) is 3.91. The molecule has 3 nitrogen and oxygen atoms in total. The van der Waals surface area contributed by atoms with E-state index in [1.807, 2.05) is 0 Å². The van der Waals surface area contributed by atoms with Gasteiger partial charge in [0.2, 0.25) is 0 Å². The van der Waals surface area contributed by atoms with Gasteiger partial charge in [0.25, 0.3) is 0 Å². The van der Waals surface area contributed by atoms with Crippen molar-refractivity contribution in [2.45, 2.75) is 43.9 Å². The van der Waals surface area contributed by atoms with E-state index in [0.29, 0.717) is 16.5 Å². The molecular weight excluding hydrogens is 329 g/mol. The molecule has 1 aromatic carbocycles. The number of sulfone groups is 1. The summed E-state index contributed by atoms with van der Waals surface area (Å²) in [5.74, 6) is 0.264. The first-order valence-electron chi connectivity index (χ1n) is 7.35. The van der Waals surface area contributed by atoms with Crippen molar-refractivity contribution in [3.05, 3.63) is 33.8 Å². The van der Waals surface area contributed by atoms with Crippen molar-refractivity contribution < 1.29 is 8.42 Å². The van der Waals surface area contributed by atoms with Gasteiger partial charge in [0.15, 0.2) is 9.84 Å². The Hall–Kier alpha value is -0.290. The highest BCUT2D eigenvalue weighted by atomic mass is 35.5. The van der Waals surface area contributed by atoms with Crippen LogP contribution < -0.4 is 5.32 Å². The predicted molar refractivity (Wildman–Crippen MR) is 88.9 cm³/mol. The summed E-state index contributed by atoms with van der Waals surface area (Å²) in [7, 11) is -3.10. The number of benzene rings is 1. The van der Waals surface area contributed by atoms with Gasteiger partial charge in [-0.2, -0.15) is 0 Å². The Balaban J connectivity index is 2.40. The van der Waals surface area contributed by atoms with E-state index in [1.54, 1.807) is 18.2 Å². The highest BCUT2D eigenvalue weighted by Gasteiger charge is 2.36. The van der Waals surface area contributed by atoms with Crippen LogP contribution in [0.3, 0.4) is 0 Å². The van der Waals surface area contributed by atoms with Crippen LogP contribution in [0.15, 0.2) is 18.2 Å². The maximum absolute atomic E-state index is 12.4. The average molecular weight is 350 g/mol. The summed E-state index contributed by atoms with van der Waals surface area (Å²) in [5, 5.41) is 4.07. The zero-order chi connectivity index (χ0) is 15.5. The minimum atomic E-state index is -3.10. The Morgan fingerprint density at radius 2 is 2.10 bits per heavy atom. The zero-order valence-corrected chi connectivity index (χ0v) is 14.4. The molecule has 2 atom stereocenters. The van der Waals surface area contributed by atoms with Crippen molar-refractivity contribution in [1.29, 1.82) is 0 Å². The van der Waals surface area contributed by atoms with E-state index in [0.717, 1.165) is 31.4 Å². The van der Waals surface area contributed by atoms with Crippen LogP contribution in [0.5, 0.6) is 0 Å². The summed E-state index contributed by atoms with van der Waals surface area (Å²) in [5.41, 5.74) is 0.785. The Kier molecular flexibility index (Phi) is 5.95. The molecule has 118 valence electrons. The van der Waals surface area contributed by atoms with E-state index in [-0.39, 0.29) is 11.8 Å². The molecule has 0 radical (unpaired) electrons. The standard InChI is InChI=1S/C15H21Cl2NO2S/c1-2-8-18-15(12-10-11(16)6-7-13(12)17)14-5-3-4-9-21(14,19)20/h6-7,10,14-15,18H,2-5,8-9H2,1H3. The van der Waals surface area contributed by atoms with Crippen LogP contribution in [0.4, 0.5) is 0 Å². The molecule has 0 bridgehead atoms. The van der Waals surface area contributed by atoms with Gasteiger partial charge < -0.3 is 5.32 Å². The first-order chi connectivity index (χ1) is 9.95. The van der Waals surface area contributed by atoms with Gasteiger partial charge in [0.1, 0.15) is 0 Å². The second kappa shape index (κ2) is 7.32. The van der Waals surface area contributed by atoms with Crippen molar-refractivity contribution in [3.63, 3.8) is 0 Å². The molecule has 1 saturated heterocycles. The molecule has 1 N–H and O–H groups in total. The summed E-state index contributed by atoms with van der Waals surface area (Å²) in [6.07, 6.45) is 3.29. The second-order valence-corrected chi connectivity index (χ2v) is 8.68. The van der Waals surface area contributed by atoms with Crippen LogP contribution in [0.25, 0.3) is 0 Å². The Bertz CT molecular complexity index is 589. The zero-order valence-electron chi connectivity index (χ0n) is 12.1. The smallest absolute Gasteiger partial charge is 0.155 e. The Labute approximate surface area is 136 Å². The number of hydrogen-bond donors (Lipinski definition) is 1. The van der Waals surface area contributed by atoms with Crippen LogP contribution in [0.2, 0.25) is 10.0 Å². The maximum atomic E-state index is 12.4. The molecular formula is C15H21Cl2NO2S. The molecule has 2 rings (SSSR count). The topological polar surface area (TPSA) is 46.2 Å². The summed E-state index contributed by atoms with van der Waals surface area (Å²) in [6, 6.07) is 4.94. The van der Waals surface area contributed by atoms with Crippen LogP contribution in [0, 0.1) is 0 Å². The van der Waals surface area contributed by atoms with Crippen LogP contribution in [0.1, 0.15) is 44.2 Å². The Morgan fingerprint density at radius 3 is 2.76 bits per heavy atom. The lowest BCUT2D eigenvalue weighted by Gasteiger charge is -2.31. The fourth-order valence-electron chi connectivity index (χ4n) is 2.85. The van der Waals surface area contributed by atoms with E-state index >= 15 is 0 Å². The van der Waals surface area contributed by atoms with Crippen molar-refractivity contribution in [2.75, 3.05) is 12.3 Å². The minimum Gasteiger partial charge on any atom is -0.309 e. The SMILES string of the molecule is CCCNC(c1cc(Cl)ccc1Cl)C1CCCCS1(=O)=O. The van der Waals surface area contributed by atoms with E-state index in [1.165, 1.54) is 0 Å². The molecule has 0 aliphatic carbocycles. The maximum Gasteiger partial charge on any atom is 0.155 e. The van der Waals surface area contributed by atoms with Crippen molar-refractivity contribution in [2.24, 2.45) is 0 Å². The lowest BCUT2D eigenvalue weighted by molar-refractivity contribution is 0.446. The molecule has 2 unspecified atom stereocenters. The highest BCUT2D eigenvalue weighted by molar-refractivity contribution is 7.92. The number of nitrogens with one attached hydrogen (secondary N) is 1. The Morgan fingerprint density at radius 1 is 1.33 bits per heavy atom. The van der Waals surface area contributed by atoms with Crippen LogP contribution in [-0.2, 0) is 9.84 Å². The van der Waals surface area contributed by atoms with Crippen LogP contribution >= 0.6 is 23.2 Å². The van der Waals surface area contributed by atoms with Crippen molar-refractivity contribution in [3.8, 4) is 0 Å². The van der Waals surface area contributed by atoms with Crippen molar-refractivity contribution >= 4 is 33.0 Å². The molecule has 1 aliphatic rings. The normalized spacial score (nSPS) is 22.9. The molecule has 0 spiro atoms. The van der Waals surface area contributed by atoms with Gasteiger partial charge >= 0.3 is 0 Å². The molecule has 1 aromatic rings. The summed E-state index contributed by atoms with van der Waals surface area (Å²) < 4.78 is 24.9. The fraction of sp³-hybridized carbons (Fsp3) is 0.600. The number of halogens is 2. The summed E-state index contributed by atoms with van der Waals surface area (Å²) >= 11 is 12.4. The van der Waals surface area contributed by atoms with E-state index in [2.05, 4.69) is 12.2 Å². The molecule has 0 saturated carbocycles. The third-order valence-corrected chi connectivity index (χ3v) is 6.78. The van der Waals surface area contributed by atoms with Gasteiger partial charge in [-0.05, 0) is 49.6 Å². The largest absolute Gasteiger partial charge is 0.309 e. The summed E-state index contributed by atoms with van der Waals surface area (Å²) in [6.45, 7) is 2.80. The number of hydrogen-bond acceptors (Lipinski definition) is 3. The molecule has 21 heavy (non-hydrogen) atoms. The van der Waals surface area contributed by atoms with E-state index in [4.69, 9.17) is 23.2 Å². The van der Waals surface area contributed by atoms with E-state index < -0.39 is 15.1 Å². The highest BCUT2D eigenvalue weighted by Crippen LogP contribution is 2.35. The van der Waals surface area contributed by atoms with E-state index in [9.17, 15) is 8.42 Å². The lowest BCUT2D eigenvalue weighted by Crippen LogP contribution is -2.41. The minimum absolute atomic E-state index is 0.264. The van der Waals surface area contributed by atoms with Gasteiger partial charge in [-0.15, -0.1) is 0 Å². The number of rotatable bonds is 5. The molecule has 1 heterocycles. The van der Waals surface area contributed by atoms with Gasteiger partial charge in [0, 0.05) is 10.0 Å². The molecule has 0 aromatic heterocycles. The monoisotopic (exact) mass is 349 g/mol. The predicted octanol–water partition coefficient (Wildman–Crippen LogP) is 4.00. The van der Waals surface area contributed by atoms with Gasteiger partial charge in [0.05, 0.1) is 17.0 Å². The molecule has 1 fully saturated rings. The third kappa shape index (κ3) is 4.13.